The lowest BCUT2D eigenvalue weighted by Crippen LogP contribution is -2.06. The van der Waals surface area contributed by atoms with Gasteiger partial charge in [0.15, 0.2) is 5.71 Å². The molecule has 0 amide bonds. The van der Waals surface area contributed by atoms with E-state index in [0.29, 0.717) is 12.2 Å². The van der Waals surface area contributed by atoms with Crippen LogP contribution >= 0.6 is 0 Å². The van der Waals surface area contributed by atoms with Gasteiger partial charge in [-0.05, 0) is 23.6 Å². The molecule has 0 aromatic heterocycles. The lowest BCUT2D eigenvalue weighted by molar-refractivity contribution is 0.302. The molecule has 1 N–H and O–H groups in total. The number of hydrogen-bond donors (Lipinski definition) is 1. The summed E-state index contributed by atoms with van der Waals surface area (Å²) in [4.78, 5) is 0. The van der Waals surface area contributed by atoms with E-state index in [4.69, 9.17) is 15.2 Å². The summed E-state index contributed by atoms with van der Waals surface area (Å²) in [7, 11) is 0. The smallest absolute Gasteiger partial charge is 0.187 e. The first-order chi connectivity index (χ1) is 10.8. The first-order valence-electron chi connectivity index (χ1n) is 7.21. The Morgan fingerprint density at radius 2 is 1.82 bits per heavy atom. The van der Waals surface area contributed by atoms with Crippen LogP contribution in [-0.2, 0) is 13.0 Å². The van der Waals surface area contributed by atoms with Crippen molar-refractivity contribution in [3.63, 3.8) is 0 Å². The second kappa shape index (κ2) is 7.84. The first-order valence-corrected chi connectivity index (χ1v) is 7.21. The third-order valence-corrected chi connectivity index (χ3v) is 3.35. The number of oxime groups is 1. The molecule has 0 heterocycles. The molecular weight excluding hydrogens is 276 g/mol. The molecule has 0 unspecified atom stereocenters. The van der Waals surface area contributed by atoms with Gasteiger partial charge >= 0.3 is 0 Å². The van der Waals surface area contributed by atoms with Gasteiger partial charge in [0.2, 0.25) is 0 Å². The summed E-state index contributed by atoms with van der Waals surface area (Å²) >= 11 is 0. The zero-order chi connectivity index (χ0) is 15.8. The maximum Gasteiger partial charge on any atom is 0.187 e. The van der Waals surface area contributed by atoms with E-state index in [-0.39, 0.29) is 5.71 Å². The average Bonchev–Trinajstić information content (AvgIpc) is 2.56. The van der Waals surface area contributed by atoms with Crippen molar-refractivity contribution in [1.82, 2.24) is 0 Å². The third-order valence-electron chi connectivity index (χ3n) is 3.35. The van der Waals surface area contributed by atoms with Gasteiger partial charge in [-0.25, -0.2) is 0 Å². The predicted octanol–water partition coefficient (Wildman–Crippen LogP) is 3.92. The molecule has 112 valence electrons. The molecule has 0 fully saturated rings. The molecule has 4 heteroatoms. The standard InChI is InChI=1S/C18H18N2O2/c1-2-7-14-8-4-6-11-18(14)22-13-15-9-3-5-10-16(15)17(12-19)20-21/h3-6,8-11,21H,2,7,13H2,1H3. The van der Waals surface area contributed by atoms with Crippen LogP contribution in [0.25, 0.3) is 0 Å². The number of hydrogen-bond acceptors (Lipinski definition) is 4. The van der Waals surface area contributed by atoms with Gasteiger partial charge in [0.25, 0.3) is 0 Å². The number of nitrogens with zero attached hydrogens (tertiary/aromatic N) is 2. The van der Waals surface area contributed by atoms with Crippen LogP contribution in [-0.4, -0.2) is 10.9 Å². The van der Waals surface area contributed by atoms with Crippen LogP contribution in [0.5, 0.6) is 5.75 Å². The molecule has 0 aliphatic carbocycles. The molecule has 4 nitrogen and oxygen atoms in total. The van der Waals surface area contributed by atoms with Crippen LogP contribution in [0.3, 0.4) is 0 Å². The van der Waals surface area contributed by atoms with E-state index in [1.54, 1.807) is 12.1 Å². The van der Waals surface area contributed by atoms with Crippen LogP contribution in [0.1, 0.15) is 30.0 Å². The van der Waals surface area contributed by atoms with Crippen molar-refractivity contribution in [2.45, 2.75) is 26.4 Å². The number of aryl methyl sites for hydroxylation is 1. The van der Waals surface area contributed by atoms with Gasteiger partial charge in [0.05, 0.1) is 0 Å². The topological polar surface area (TPSA) is 65.6 Å². The number of benzene rings is 2. The van der Waals surface area contributed by atoms with Crippen LogP contribution in [0, 0.1) is 11.3 Å². The van der Waals surface area contributed by atoms with Crippen LogP contribution in [0.2, 0.25) is 0 Å². The van der Waals surface area contributed by atoms with Crippen molar-refractivity contribution in [1.29, 1.82) is 5.26 Å². The normalized spacial score (nSPS) is 11.0. The Bertz CT molecular complexity index is 702. The molecule has 0 spiro atoms. The summed E-state index contributed by atoms with van der Waals surface area (Å²) in [5, 5.41) is 21.0. The van der Waals surface area contributed by atoms with Gasteiger partial charge in [-0.15, -0.1) is 0 Å². The molecule has 2 rings (SSSR count). The second-order valence-electron chi connectivity index (χ2n) is 4.86. The number of ether oxygens (including phenoxy) is 1. The number of nitriles is 1. The molecule has 2 aromatic rings. The zero-order valence-corrected chi connectivity index (χ0v) is 12.5. The summed E-state index contributed by atoms with van der Waals surface area (Å²) in [6.45, 7) is 2.45. The van der Waals surface area contributed by atoms with Gasteiger partial charge in [0.1, 0.15) is 18.4 Å². The van der Waals surface area contributed by atoms with Crippen LogP contribution < -0.4 is 4.74 Å². The molecular formula is C18H18N2O2. The largest absolute Gasteiger partial charge is 0.489 e. The molecule has 0 aliphatic heterocycles. The van der Waals surface area contributed by atoms with Crippen molar-refractivity contribution in [2.75, 3.05) is 0 Å². The third kappa shape index (κ3) is 3.64. The molecule has 2 aromatic carbocycles. The Hall–Kier alpha value is -2.80. The summed E-state index contributed by atoms with van der Waals surface area (Å²) in [5.41, 5.74) is 2.54. The fourth-order valence-corrected chi connectivity index (χ4v) is 2.29. The van der Waals surface area contributed by atoms with Gasteiger partial charge < -0.3 is 9.94 Å². The maximum atomic E-state index is 9.02. The summed E-state index contributed by atoms with van der Waals surface area (Å²) in [6.07, 6.45) is 2.01. The minimum Gasteiger partial charge on any atom is -0.489 e. The lowest BCUT2D eigenvalue weighted by atomic mass is 10.0. The highest BCUT2D eigenvalue weighted by molar-refractivity contribution is 6.12. The number of para-hydroxylation sites is 1. The molecule has 0 aliphatic rings. The van der Waals surface area contributed by atoms with Gasteiger partial charge in [-0.2, -0.15) is 5.26 Å². The Morgan fingerprint density at radius 3 is 2.50 bits per heavy atom. The van der Waals surface area contributed by atoms with Gasteiger partial charge in [0, 0.05) is 5.56 Å². The van der Waals surface area contributed by atoms with Crippen LogP contribution in [0.15, 0.2) is 53.7 Å². The Balaban J connectivity index is 2.21. The van der Waals surface area contributed by atoms with Crippen molar-refractivity contribution < 1.29 is 9.94 Å². The van der Waals surface area contributed by atoms with E-state index in [0.717, 1.165) is 24.2 Å². The molecule has 0 bridgehead atoms. The SMILES string of the molecule is CCCc1ccccc1OCc1ccccc1C(C#N)=NO. The maximum absolute atomic E-state index is 9.02. The second-order valence-corrected chi connectivity index (χ2v) is 4.86. The monoisotopic (exact) mass is 294 g/mol. The lowest BCUT2D eigenvalue weighted by Gasteiger charge is -2.12. The summed E-state index contributed by atoms with van der Waals surface area (Å²) < 4.78 is 5.91. The average molecular weight is 294 g/mol. The van der Waals surface area contributed by atoms with Crippen molar-refractivity contribution in [2.24, 2.45) is 5.16 Å². The Kier molecular flexibility index (Phi) is 5.56. The van der Waals surface area contributed by atoms with E-state index >= 15 is 0 Å². The van der Waals surface area contributed by atoms with Gasteiger partial charge in [-0.1, -0.05) is 61.0 Å². The van der Waals surface area contributed by atoms with E-state index in [1.807, 2.05) is 36.4 Å². The Labute approximate surface area is 130 Å². The Morgan fingerprint density at radius 1 is 1.14 bits per heavy atom. The summed E-state index contributed by atoms with van der Waals surface area (Å²) in [6, 6.07) is 17.1. The van der Waals surface area contributed by atoms with Crippen LogP contribution in [0.4, 0.5) is 0 Å². The van der Waals surface area contributed by atoms with Crippen molar-refractivity contribution in [3.8, 4) is 11.8 Å². The van der Waals surface area contributed by atoms with Crippen molar-refractivity contribution in [3.05, 3.63) is 65.2 Å². The highest BCUT2D eigenvalue weighted by Gasteiger charge is 2.10. The minimum absolute atomic E-state index is 0.0129. The fourth-order valence-electron chi connectivity index (χ4n) is 2.29. The van der Waals surface area contributed by atoms with E-state index < -0.39 is 0 Å². The van der Waals surface area contributed by atoms with E-state index in [9.17, 15) is 0 Å². The van der Waals surface area contributed by atoms with Gasteiger partial charge in [-0.3, -0.25) is 0 Å². The molecule has 0 radical (unpaired) electrons. The number of rotatable bonds is 6. The summed E-state index contributed by atoms with van der Waals surface area (Å²) in [5.74, 6) is 0.846. The van der Waals surface area contributed by atoms with Crippen molar-refractivity contribution >= 4 is 5.71 Å². The molecule has 0 atom stereocenters. The predicted molar refractivity (Wildman–Crippen MR) is 85.1 cm³/mol. The zero-order valence-electron chi connectivity index (χ0n) is 12.5. The first kappa shape index (κ1) is 15.6. The van der Waals surface area contributed by atoms with E-state index in [2.05, 4.69) is 18.1 Å². The quantitative estimate of drug-likeness (QED) is 0.499. The van der Waals surface area contributed by atoms with E-state index in [1.165, 1.54) is 5.56 Å². The highest BCUT2D eigenvalue weighted by Crippen LogP contribution is 2.21. The molecule has 22 heavy (non-hydrogen) atoms. The molecule has 0 saturated heterocycles. The molecule has 0 saturated carbocycles. The highest BCUT2D eigenvalue weighted by atomic mass is 16.5. The minimum atomic E-state index is -0.0129. The fraction of sp³-hybridized carbons (Fsp3) is 0.222.